The van der Waals surface area contributed by atoms with Crippen LogP contribution in [-0.4, -0.2) is 25.7 Å². The van der Waals surface area contributed by atoms with Crippen LogP contribution in [0.15, 0.2) is 60.8 Å². The highest BCUT2D eigenvalue weighted by Crippen LogP contribution is 2.32. The quantitative estimate of drug-likeness (QED) is 0.567. The van der Waals surface area contributed by atoms with Gasteiger partial charge in [0.05, 0.1) is 22.5 Å². The second-order valence-electron chi connectivity index (χ2n) is 7.27. The molecule has 142 valence electrons. The number of aromatic nitrogens is 4. The number of hydrogen-bond donors (Lipinski definition) is 1. The number of ketones is 1. The van der Waals surface area contributed by atoms with E-state index in [2.05, 4.69) is 37.4 Å². The molecule has 5 rings (SSSR count). The molecular weight excluding hydrogens is 362 g/mol. The standard InChI is InChI=1S/C23H19N5O/c1-14-17-9-5-6-10-19(17)26-23(25-14)28-22-24-13-18-20(27-22)11-16(12-21(18)29)15-7-3-2-4-8-15/h2-10,13,16H,11-12H2,1H3,(H,24,25,26,27,28). The summed E-state index contributed by atoms with van der Waals surface area (Å²) in [7, 11) is 0. The zero-order valence-electron chi connectivity index (χ0n) is 16.0. The fourth-order valence-electron chi connectivity index (χ4n) is 3.86. The zero-order valence-corrected chi connectivity index (χ0v) is 16.0. The maximum atomic E-state index is 12.6. The average molecular weight is 381 g/mol. The zero-order chi connectivity index (χ0) is 19.8. The predicted molar refractivity (Wildman–Crippen MR) is 111 cm³/mol. The molecule has 0 saturated heterocycles. The number of hydrogen-bond acceptors (Lipinski definition) is 6. The average Bonchev–Trinajstić information content (AvgIpc) is 2.74. The minimum Gasteiger partial charge on any atom is -0.294 e. The van der Waals surface area contributed by atoms with Crippen molar-refractivity contribution in [2.45, 2.75) is 25.7 Å². The molecule has 0 fully saturated rings. The van der Waals surface area contributed by atoms with E-state index in [0.29, 0.717) is 30.3 Å². The van der Waals surface area contributed by atoms with Gasteiger partial charge in [-0.05, 0) is 30.9 Å². The Morgan fingerprint density at radius 1 is 0.897 bits per heavy atom. The monoisotopic (exact) mass is 381 g/mol. The fourth-order valence-corrected chi connectivity index (χ4v) is 3.86. The van der Waals surface area contributed by atoms with Crippen molar-refractivity contribution < 1.29 is 4.79 Å². The Bertz CT molecular complexity index is 1220. The molecule has 2 aromatic heterocycles. The van der Waals surface area contributed by atoms with Crippen molar-refractivity contribution in [2.24, 2.45) is 0 Å². The Kier molecular flexibility index (Phi) is 4.24. The first-order valence-corrected chi connectivity index (χ1v) is 9.62. The minimum atomic E-state index is 0.0875. The second-order valence-corrected chi connectivity index (χ2v) is 7.27. The maximum Gasteiger partial charge on any atom is 0.230 e. The van der Waals surface area contributed by atoms with E-state index in [9.17, 15) is 4.79 Å². The molecule has 1 N–H and O–H groups in total. The van der Waals surface area contributed by atoms with Crippen molar-refractivity contribution >= 4 is 28.6 Å². The first-order chi connectivity index (χ1) is 14.2. The number of para-hydroxylation sites is 1. The molecule has 1 atom stereocenters. The van der Waals surface area contributed by atoms with Gasteiger partial charge in [-0.3, -0.25) is 10.1 Å². The van der Waals surface area contributed by atoms with Crippen LogP contribution in [0.25, 0.3) is 10.9 Å². The van der Waals surface area contributed by atoms with Gasteiger partial charge in [0.25, 0.3) is 0 Å². The Balaban J connectivity index is 1.46. The highest BCUT2D eigenvalue weighted by Gasteiger charge is 2.28. The Labute approximate surface area is 168 Å². The molecule has 29 heavy (non-hydrogen) atoms. The summed E-state index contributed by atoms with van der Waals surface area (Å²) >= 11 is 0. The highest BCUT2D eigenvalue weighted by molar-refractivity contribution is 5.98. The van der Waals surface area contributed by atoms with E-state index in [4.69, 9.17) is 0 Å². The molecule has 0 bridgehead atoms. The maximum absolute atomic E-state index is 12.6. The lowest BCUT2D eigenvalue weighted by Crippen LogP contribution is -2.21. The van der Waals surface area contributed by atoms with Gasteiger partial charge in [0.15, 0.2) is 5.78 Å². The molecule has 0 aliphatic heterocycles. The van der Waals surface area contributed by atoms with Crippen LogP contribution in [0, 0.1) is 6.92 Å². The molecule has 0 spiro atoms. The Hall–Kier alpha value is -3.67. The summed E-state index contributed by atoms with van der Waals surface area (Å²) in [6, 6.07) is 18.0. The van der Waals surface area contributed by atoms with Crippen molar-refractivity contribution in [3.63, 3.8) is 0 Å². The lowest BCUT2D eigenvalue weighted by molar-refractivity contribution is 0.0962. The van der Waals surface area contributed by atoms with E-state index in [1.54, 1.807) is 6.20 Å². The summed E-state index contributed by atoms with van der Waals surface area (Å²) < 4.78 is 0. The van der Waals surface area contributed by atoms with Crippen LogP contribution in [0.5, 0.6) is 0 Å². The topological polar surface area (TPSA) is 80.7 Å². The summed E-state index contributed by atoms with van der Waals surface area (Å²) in [5.74, 6) is 1.07. The number of benzene rings is 2. The third-order valence-electron chi connectivity index (χ3n) is 5.33. The summed E-state index contributed by atoms with van der Waals surface area (Å²) in [4.78, 5) is 30.6. The Morgan fingerprint density at radius 2 is 1.69 bits per heavy atom. The van der Waals surface area contributed by atoms with Crippen molar-refractivity contribution in [1.82, 2.24) is 19.9 Å². The van der Waals surface area contributed by atoms with Crippen LogP contribution >= 0.6 is 0 Å². The third kappa shape index (κ3) is 3.33. The molecule has 0 amide bonds. The number of carbonyl (C=O) groups is 1. The van der Waals surface area contributed by atoms with Crippen LogP contribution in [0.2, 0.25) is 0 Å². The molecule has 2 aromatic carbocycles. The van der Waals surface area contributed by atoms with E-state index in [1.807, 2.05) is 49.4 Å². The fraction of sp³-hybridized carbons (Fsp3) is 0.174. The summed E-state index contributed by atoms with van der Waals surface area (Å²) in [6.45, 7) is 1.95. The van der Waals surface area contributed by atoms with Gasteiger partial charge >= 0.3 is 0 Å². The normalized spacial score (nSPS) is 15.9. The molecule has 1 aliphatic carbocycles. The third-order valence-corrected chi connectivity index (χ3v) is 5.33. The van der Waals surface area contributed by atoms with Gasteiger partial charge in [-0.2, -0.15) is 0 Å². The van der Waals surface area contributed by atoms with Crippen LogP contribution in [0.1, 0.15) is 39.6 Å². The van der Waals surface area contributed by atoms with Gasteiger partial charge in [0.2, 0.25) is 11.9 Å². The number of nitrogens with one attached hydrogen (secondary N) is 1. The van der Waals surface area contributed by atoms with Crippen molar-refractivity contribution in [3.05, 3.63) is 83.3 Å². The van der Waals surface area contributed by atoms with E-state index in [-0.39, 0.29) is 11.7 Å². The summed E-state index contributed by atoms with van der Waals surface area (Å²) in [5.41, 5.74) is 4.28. The van der Waals surface area contributed by atoms with E-state index in [1.165, 1.54) is 0 Å². The smallest absolute Gasteiger partial charge is 0.230 e. The SMILES string of the molecule is Cc1nc(Nc2ncc3c(n2)CC(c2ccccc2)CC3=O)nc2ccccc12. The molecule has 1 unspecified atom stereocenters. The lowest BCUT2D eigenvalue weighted by Gasteiger charge is -2.23. The molecular formula is C23H19N5O. The first kappa shape index (κ1) is 17.4. The van der Waals surface area contributed by atoms with Gasteiger partial charge in [-0.1, -0.05) is 48.5 Å². The van der Waals surface area contributed by atoms with Gasteiger partial charge in [-0.15, -0.1) is 0 Å². The minimum absolute atomic E-state index is 0.0875. The largest absolute Gasteiger partial charge is 0.294 e. The van der Waals surface area contributed by atoms with Gasteiger partial charge < -0.3 is 0 Å². The van der Waals surface area contributed by atoms with Crippen molar-refractivity contribution in [2.75, 3.05) is 5.32 Å². The second kappa shape index (κ2) is 7.05. The summed E-state index contributed by atoms with van der Waals surface area (Å²) in [5, 5.41) is 4.12. The molecule has 6 nitrogen and oxygen atoms in total. The number of anilines is 2. The summed E-state index contributed by atoms with van der Waals surface area (Å²) in [6.07, 6.45) is 2.81. The van der Waals surface area contributed by atoms with Crippen molar-refractivity contribution in [1.29, 1.82) is 0 Å². The predicted octanol–water partition coefficient (Wildman–Crippen LogP) is 4.38. The first-order valence-electron chi connectivity index (χ1n) is 9.62. The lowest BCUT2D eigenvalue weighted by atomic mass is 9.82. The molecule has 6 heteroatoms. The van der Waals surface area contributed by atoms with Gasteiger partial charge in [0, 0.05) is 18.0 Å². The number of Topliss-reactive ketones (excluding diaryl/α,β-unsaturated/α-hetero) is 1. The van der Waals surface area contributed by atoms with Crippen molar-refractivity contribution in [3.8, 4) is 0 Å². The van der Waals surface area contributed by atoms with E-state index in [0.717, 1.165) is 27.9 Å². The van der Waals surface area contributed by atoms with Gasteiger partial charge in [-0.25, -0.2) is 19.9 Å². The molecule has 2 heterocycles. The van der Waals surface area contributed by atoms with Crippen LogP contribution in [0.4, 0.5) is 11.9 Å². The number of rotatable bonds is 3. The van der Waals surface area contributed by atoms with Crippen LogP contribution < -0.4 is 5.32 Å². The molecule has 4 aromatic rings. The molecule has 1 aliphatic rings. The number of carbonyl (C=O) groups excluding carboxylic acids is 1. The number of aryl methyl sites for hydroxylation is 1. The van der Waals surface area contributed by atoms with Crippen LogP contribution in [-0.2, 0) is 6.42 Å². The van der Waals surface area contributed by atoms with E-state index < -0.39 is 0 Å². The molecule has 0 radical (unpaired) electrons. The van der Waals surface area contributed by atoms with Crippen LogP contribution in [0.3, 0.4) is 0 Å². The van der Waals surface area contributed by atoms with Gasteiger partial charge in [0.1, 0.15) is 0 Å². The van der Waals surface area contributed by atoms with E-state index >= 15 is 0 Å². The number of fused-ring (bicyclic) bond motifs is 2. The Morgan fingerprint density at radius 3 is 2.55 bits per heavy atom. The number of nitrogens with zero attached hydrogens (tertiary/aromatic N) is 4. The highest BCUT2D eigenvalue weighted by atomic mass is 16.1. The molecule has 0 saturated carbocycles.